The predicted molar refractivity (Wildman–Crippen MR) is 153 cm³/mol. The number of fused-ring (bicyclic) bond motifs is 3. The van der Waals surface area contributed by atoms with Crippen molar-refractivity contribution in [2.24, 2.45) is 0 Å². The molecule has 1 amide bonds. The van der Waals surface area contributed by atoms with Crippen molar-refractivity contribution in [3.63, 3.8) is 0 Å². The third kappa shape index (κ3) is 4.63. The number of hydrogen-bond acceptors (Lipinski definition) is 5. The van der Waals surface area contributed by atoms with E-state index in [2.05, 4.69) is 30.9 Å². The number of benzene rings is 2. The van der Waals surface area contributed by atoms with E-state index < -0.39 is 0 Å². The van der Waals surface area contributed by atoms with Gasteiger partial charge >= 0.3 is 0 Å². The minimum absolute atomic E-state index is 0.111. The van der Waals surface area contributed by atoms with Crippen LogP contribution in [-0.2, 0) is 12.8 Å². The molecule has 5 nitrogen and oxygen atoms in total. The van der Waals surface area contributed by atoms with E-state index in [0.29, 0.717) is 19.0 Å². The van der Waals surface area contributed by atoms with Crippen LogP contribution in [0, 0.1) is 0 Å². The summed E-state index contributed by atoms with van der Waals surface area (Å²) < 4.78 is 0. The molecule has 0 spiro atoms. The van der Waals surface area contributed by atoms with Gasteiger partial charge in [-0.2, -0.15) is 0 Å². The summed E-state index contributed by atoms with van der Waals surface area (Å²) in [5.41, 5.74) is 4.53. The van der Waals surface area contributed by atoms with Crippen LogP contribution in [-0.4, -0.2) is 47.0 Å². The Morgan fingerprint density at radius 2 is 1.62 bits per heavy atom. The Hall–Kier alpha value is -3.25. The number of hydrogen-bond donors (Lipinski definition) is 0. The van der Waals surface area contributed by atoms with Gasteiger partial charge in [0.15, 0.2) is 0 Å². The summed E-state index contributed by atoms with van der Waals surface area (Å²) in [5, 5.41) is 1.28. The largest absolute Gasteiger partial charge is 0.352 e. The molecule has 2 aromatic carbocycles. The molecule has 1 aliphatic carbocycles. The molecule has 1 aliphatic heterocycles. The summed E-state index contributed by atoms with van der Waals surface area (Å²) >= 11 is 1.88. The molecule has 0 bridgehead atoms. The normalized spacial score (nSPS) is 16.6. The molecule has 0 saturated carbocycles. The van der Waals surface area contributed by atoms with Gasteiger partial charge in [0.05, 0.1) is 5.39 Å². The lowest BCUT2D eigenvalue weighted by molar-refractivity contribution is 0.0746. The lowest BCUT2D eigenvalue weighted by atomic mass is 9.96. The van der Waals surface area contributed by atoms with Crippen molar-refractivity contribution < 1.29 is 4.79 Å². The van der Waals surface area contributed by atoms with Crippen molar-refractivity contribution in [1.82, 2.24) is 14.9 Å². The number of anilines is 1. The minimum atomic E-state index is 0.111. The monoisotopic (exact) mass is 510 g/mol. The Morgan fingerprint density at radius 1 is 0.919 bits per heavy atom. The van der Waals surface area contributed by atoms with Crippen LogP contribution in [0.15, 0.2) is 54.6 Å². The third-order valence-electron chi connectivity index (χ3n) is 7.97. The third-order valence-corrected chi connectivity index (χ3v) is 9.16. The summed E-state index contributed by atoms with van der Waals surface area (Å²) in [6, 6.07) is 18.3. The maximum absolute atomic E-state index is 13.3. The van der Waals surface area contributed by atoms with E-state index >= 15 is 0 Å². The number of amides is 1. The Labute approximate surface area is 223 Å². The second kappa shape index (κ2) is 10.3. The Balaban J connectivity index is 1.22. The fourth-order valence-electron chi connectivity index (χ4n) is 5.53. The van der Waals surface area contributed by atoms with Gasteiger partial charge in [0, 0.05) is 42.5 Å². The average Bonchev–Trinajstić information content (AvgIpc) is 3.35. The molecule has 1 saturated heterocycles. The highest BCUT2D eigenvalue weighted by atomic mass is 32.1. The van der Waals surface area contributed by atoms with E-state index in [1.54, 1.807) is 0 Å². The molecule has 190 valence electrons. The van der Waals surface area contributed by atoms with Crippen molar-refractivity contribution in [1.29, 1.82) is 0 Å². The maximum atomic E-state index is 13.3. The summed E-state index contributed by atoms with van der Waals surface area (Å²) in [4.78, 5) is 30.6. The van der Waals surface area contributed by atoms with Crippen molar-refractivity contribution >= 4 is 33.3 Å². The van der Waals surface area contributed by atoms with Crippen LogP contribution in [0.4, 0.5) is 5.82 Å². The maximum Gasteiger partial charge on any atom is 0.253 e. The molecule has 6 heteroatoms. The standard InChI is InChI=1S/C31H34N4OS/c1-3-21(2)28-32-29(27-25-11-7-8-12-26(25)37-30(27)33-28)34-17-19-35(20-18-34)31(36)24-15-13-23(14-16-24)22-9-5-4-6-10-22/h4-6,9-10,13-16,21H,3,7-8,11-12,17-20H2,1-2H3. The molecule has 2 aliphatic rings. The van der Waals surface area contributed by atoms with Crippen LogP contribution in [0.2, 0.25) is 0 Å². The van der Waals surface area contributed by atoms with Gasteiger partial charge in [0.25, 0.3) is 5.91 Å². The molecule has 0 N–H and O–H groups in total. The number of aryl methyl sites for hydroxylation is 2. The smallest absolute Gasteiger partial charge is 0.253 e. The van der Waals surface area contributed by atoms with Gasteiger partial charge in [-0.1, -0.05) is 56.3 Å². The van der Waals surface area contributed by atoms with Gasteiger partial charge in [-0.3, -0.25) is 4.79 Å². The van der Waals surface area contributed by atoms with Crippen LogP contribution < -0.4 is 4.90 Å². The van der Waals surface area contributed by atoms with Crippen LogP contribution in [0.5, 0.6) is 0 Å². The fraction of sp³-hybridized carbons (Fsp3) is 0.387. The topological polar surface area (TPSA) is 49.3 Å². The van der Waals surface area contributed by atoms with Crippen LogP contribution in [0.1, 0.15) is 65.7 Å². The average molecular weight is 511 g/mol. The molecule has 3 heterocycles. The molecule has 1 fully saturated rings. The van der Waals surface area contributed by atoms with Crippen molar-refractivity contribution in [2.45, 2.75) is 51.9 Å². The molecule has 37 heavy (non-hydrogen) atoms. The molecule has 0 radical (unpaired) electrons. The molecule has 4 aromatic rings. The van der Waals surface area contributed by atoms with E-state index in [1.165, 1.54) is 40.7 Å². The number of carbonyl (C=O) groups is 1. The Morgan fingerprint density at radius 3 is 2.35 bits per heavy atom. The SMILES string of the molecule is CCC(C)c1nc(N2CCN(C(=O)c3ccc(-c4ccccc4)cc3)CC2)c2c3c(sc2n1)CCCC3. The van der Waals surface area contributed by atoms with Crippen LogP contribution in [0.3, 0.4) is 0 Å². The zero-order chi connectivity index (χ0) is 25.4. The lowest BCUT2D eigenvalue weighted by Gasteiger charge is -2.36. The number of nitrogens with zero attached hydrogens (tertiary/aromatic N) is 4. The lowest BCUT2D eigenvalue weighted by Crippen LogP contribution is -2.49. The van der Waals surface area contributed by atoms with Gasteiger partial charge in [-0.05, 0) is 60.9 Å². The van der Waals surface area contributed by atoms with E-state index in [4.69, 9.17) is 9.97 Å². The quantitative estimate of drug-likeness (QED) is 0.299. The highest BCUT2D eigenvalue weighted by Crippen LogP contribution is 2.40. The second-order valence-electron chi connectivity index (χ2n) is 10.3. The first-order valence-corrected chi connectivity index (χ1v) is 14.5. The molecule has 1 unspecified atom stereocenters. The van der Waals surface area contributed by atoms with Crippen LogP contribution >= 0.6 is 11.3 Å². The van der Waals surface area contributed by atoms with Crippen molar-refractivity contribution in [3.8, 4) is 11.1 Å². The highest BCUT2D eigenvalue weighted by Gasteiger charge is 2.28. The van der Waals surface area contributed by atoms with Gasteiger partial charge in [0.2, 0.25) is 0 Å². The number of carbonyl (C=O) groups excluding carboxylic acids is 1. The fourth-order valence-corrected chi connectivity index (χ4v) is 6.79. The van der Waals surface area contributed by atoms with E-state index in [9.17, 15) is 4.79 Å². The summed E-state index contributed by atoms with van der Waals surface area (Å²) in [6.45, 7) is 7.42. The second-order valence-corrected chi connectivity index (χ2v) is 11.4. The zero-order valence-electron chi connectivity index (χ0n) is 21.7. The van der Waals surface area contributed by atoms with Gasteiger partial charge in [-0.25, -0.2) is 9.97 Å². The minimum Gasteiger partial charge on any atom is -0.352 e. The van der Waals surface area contributed by atoms with Crippen LogP contribution in [0.25, 0.3) is 21.3 Å². The molecule has 2 aromatic heterocycles. The molecule has 6 rings (SSSR count). The predicted octanol–water partition coefficient (Wildman–Crippen LogP) is 6.71. The first-order valence-electron chi connectivity index (χ1n) is 13.6. The summed E-state index contributed by atoms with van der Waals surface area (Å²) in [6.07, 6.45) is 5.84. The Bertz CT molecular complexity index is 1400. The van der Waals surface area contributed by atoms with Crippen molar-refractivity contribution in [2.75, 3.05) is 31.1 Å². The van der Waals surface area contributed by atoms with E-state index in [1.807, 2.05) is 58.7 Å². The van der Waals surface area contributed by atoms with Gasteiger partial charge in [0.1, 0.15) is 16.5 Å². The zero-order valence-corrected chi connectivity index (χ0v) is 22.6. The highest BCUT2D eigenvalue weighted by molar-refractivity contribution is 7.19. The van der Waals surface area contributed by atoms with E-state index in [0.717, 1.165) is 53.5 Å². The van der Waals surface area contributed by atoms with Crippen molar-refractivity contribution in [3.05, 3.63) is 76.4 Å². The molecular weight excluding hydrogens is 476 g/mol. The molecule has 1 atom stereocenters. The number of rotatable bonds is 5. The molecular formula is C31H34N4OS. The van der Waals surface area contributed by atoms with E-state index in [-0.39, 0.29) is 5.91 Å². The number of aromatic nitrogens is 2. The number of piperazine rings is 1. The summed E-state index contributed by atoms with van der Waals surface area (Å²) in [7, 11) is 0. The first-order chi connectivity index (χ1) is 18.1. The Kier molecular flexibility index (Phi) is 6.68. The van der Waals surface area contributed by atoms with Gasteiger partial charge < -0.3 is 9.80 Å². The number of thiophene rings is 1. The first kappa shape index (κ1) is 24.1. The van der Waals surface area contributed by atoms with Gasteiger partial charge in [-0.15, -0.1) is 11.3 Å². The summed E-state index contributed by atoms with van der Waals surface area (Å²) in [5.74, 6) is 2.50.